The first-order valence-electron chi connectivity index (χ1n) is 6.48. The summed E-state index contributed by atoms with van der Waals surface area (Å²) >= 11 is -0.943. The van der Waals surface area contributed by atoms with Crippen LogP contribution in [0.25, 0.3) is 0 Å². The summed E-state index contributed by atoms with van der Waals surface area (Å²) in [7, 11) is 0. The molecule has 2 amide bonds. The van der Waals surface area contributed by atoms with Gasteiger partial charge in [-0.3, -0.25) is 0 Å². The number of hydrogen-bond donors (Lipinski definition) is 1. The van der Waals surface area contributed by atoms with Crippen LogP contribution in [-0.4, -0.2) is 26.4 Å². The van der Waals surface area contributed by atoms with E-state index in [1.165, 1.54) is 12.1 Å². The number of rotatable bonds is 3. The Hall–Kier alpha value is -1.81. The van der Waals surface area contributed by atoms with E-state index in [9.17, 15) is 22.8 Å². The van der Waals surface area contributed by atoms with Crippen molar-refractivity contribution in [2.24, 2.45) is 0 Å². The van der Waals surface area contributed by atoms with Gasteiger partial charge in [0.15, 0.2) is 0 Å². The standard InChI is InChI=1S/C15H12AsF3NO2/c17-15(18,19)12-9-5-4-8-11(12)13(21)20-14(22)16-10-6-2-1-3-7-10/h2,4-9H,1,3H2,(H,20,21,22). The second-order valence-corrected chi connectivity index (χ2v) is 6.93. The van der Waals surface area contributed by atoms with Crippen molar-refractivity contribution in [3.63, 3.8) is 0 Å². The molecule has 3 nitrogen and oxygen atoms in total. The first-order valence-corrected chi connectivity index (χ1v) is 8.35. The van der Waals surface area contributed by atoms with Crippen LogP contribution in [0.3, 0.4) is 0 Å². The van der Waals surface area contributed by atoms with Crippen LogP contribution in [0.15, 0.2) is 46.9 Å². The zero-order chi connectivity index (χ0) is 16.2. The number of benzene rings is 1. The van der Waals surface area contributed by atoms with Crippen molar-refractivity contribution in [1.82, 2.24) is 5.32 Å². The van der Waals surface area contributed by atoms with Crippen LogP contribution >= 0.6 is 0 Å². The third kappa shape index (κ3) is 4.34. The average Bonchev–Trinajstić information content (AvgIpc) is 2.47. The van der Waals surface area contributed by atoms with E-state index in [0.717, 1.165) is 29.3 Å². The second-order valence-electron chi connectivity index (χ2n) is 4.52. The fourth-order valence-corrected chi connectivity index (χ4v) is 3.58. The molecule has 0 aliphatic heterocycles. The first kappa shape index (κ1) is 16.6. The predicted molar refractivity (Wildman–Crippen MR) is 76.5 cm³/mol. The normalized spacial score (nSPS) is 15.0. The van der Waals surface area contributed by atoms with Gasteiger partial charge in [-0.25, -0.2) is 0 Å². The predicted octanol–water partition coefficient (Wildman–Crippen LogP) is 3.49. The summed E-state index contributed by atoms with van der Waals surface area (Å²) in [4.78, 5) is 23.7. The molecule has 0 unspecified atom stereocenters. The summed E-state index contributed by atoms with van der Waals surface area (Å²) in [5.74, 6) is -1.02. The van der Waals surface area contributed by atoms with Crippen LogP contribution in [-0.2, 0) is 6.18 Å². The molecule has 0 aromatic heterocycles. The maximum absolute atomic E-state index is 12.8. The molecule has 115 valence electrons. The zero-order valence-corrected chi connectivity index (χ0v) is 13.2. The van der Waals surface area contributed by atoms with Crippen LogP contribution in [0.2, 0.25) is 0 Å². The molecule has 0 heterocycles. The molecule has 0 saturated heterocycles. The number of carbonyl (C=O) groups excluding carboxylic acids is 2. The Kier molecular flexibility index (Phi) is 5.24. The molecule has 7 heteroatoms. The molecule has 1 N–H and O–H groups in total. The number of amides is 2. The van der Waals surface area contributed by atoms with Crippen molar-refractivity contribution in [3.05, 3.63) is 58.0 Å². The van der Waals surface area contributed by atoms with Gasteiger partial charge in [0.25, 0.3) is 0 Å². The fraction of sp³-hybridized carbons (Fsp3) is 0.200. The third-order valence-electron chi connectivity index (χ3n) is 2.90. The Labute approximate surface area is 132 Å². The quantitative estimate of drug-likeness (QED) is 0.828. The minimum absolute atomic E-state index is 0.531. The van der Waals surface area contributed by atoms with Gasteiger partial charge < -0.3 is 0 Å². The summed E-state index contributed by atoms with van der Waals surface area (Å²) in [6.45, 7) is 0. The van der Waals surface area contributed by atoms with Gasteiger partial charge in [0.1, 0.15) is 0 Å². The molecule has 0 saturated carbocycles. The minimum atomic E-state index is -4.64. The summed E-state index contributed by atoms with van der Waals surface area (Å²) in [5.41, 5.74) is -1.59. The molecular formula is C15H12AsF3NO2. The van der Waals surface area contributed by atoms with E-state index >= 15 is 0 Å². The van der Waals surface area contributed by atoms with E-state index in [0.29, 0.717) is 0 Å². The maximum atomic E-state index is 12.8. The molecular weight excluding hydrogens is 358 g/mol. The summed E-state index contributed by atoms with van der Waals surface area (Å²) in [5, 5.41) is 2.05. The Morgan fingerprint density at radius 2 is 1.86 bits per heavy atom. The van der Waals surface area contributed by atoms with Crippen molar-refractivity contribution in [2.75, 3.05) is 0 Å². The molecule has 0 bridgehead atoms. The molecule has 1 aromatic rings. The Bertz CT molecular complexity index is 650. The Balaban J connectivity index is 2.08. The van der Waals surface area contributed by atoms with Gasteiger partial charge in [-0.1, -0.05) is 0 Å². The first-order chi connectivity index (χ1) is 10.4. The monoisotopic (exact) mass is 370 g/mol. The number of hydrogen-bond acceptors (Lipinski definition) is 2. The van der Waals surface area contributed by atoms with Crippen LogP contribution in [0.1, 0.15) is 28.8 Å². The molecule has 0 fully saturated rings. The summed E-state index contributed by atoms with van der Waals surface area (Å²) in [6.07, 6.45) is 2.76. The molecule has 1 aliphatic carbocycles. The van der Waals surface area contributed by atoms with Gasteiger partial charge in [0, 0.05) is 0 Å². The van der Waals surface area contributed by atoms with Crippen LogP contribution in [0.5, 0.6) is 0 Å². The van der Waals surface area contributed by atoms with Crippen molar-refractivity contribution in [1.29, 1.82) is 0 Å². The summed E-state index contributed by atoms with van der Waals surface area (Å²) in [6, 6.07) is 4.40. The summed E-state index contributed by atoms with van der Waals surface area (Å²) < 4.78 is 38.8. The number of imide groups is 1. The van der Waals surface area contributed by atoms with Gasteiger partial charge in [0.2, 0.25) is 0 Å². The van der Waals surface area contributed by atoms with E-state index < -0.39 is 43.7 Å². The van der Waals surface area contributed by atoms with E-state index in [-0.39, 0.29) is 0 Å². The van der Waals surface area contributed by atoms with Crippen molar-refractivity contribution in [2.45, 2.75) is 19.0 Å². The topological polar surface area (TPSA) is 46.2 Å². The third-order valence-corrected chi connectivity index (χ3v) is 4.80. The second kappa shape index (κ2) is 6.97. The van der Waals surface area contributed by atoms with Gasteiger partial charge in [-0.05, 0) is 0 Å². The van der Waals surface area contributed by atoms with Gasteiger partial charge >= 0.3 is 131 Å². The fourth-order valence-electron chi connectivity index (χ4n) is 1.92. The SMILES string of the molecule is O=C(NC(=O)c1ccccc1C(F)(F)F)[As]C1=CCCC=C1. The molecule has 1 radical (unpaired) electrons. The molecule has 22 heavy (non-hydrogen) atoms. The van der Waals surface area contributed by atoms with E-state index in [1.54, 1.807) is 0 Å². The van der Waals surface area contributed by atoms with E-state index in [1.807, 2.05) is 23.5 Å². The van der Waals surface area contributed by atoms with Gasteiger partial charge in [0.05, 0.1) is 0 Å². The van der Waals surface area contributed by atoms with E-state index in [4.69, 9.17) is 0 Å². The molecule has 2 rings (SSSR count). The van der Waals surface area contributed by atoms with Crippen molar-refractivity contribution >= 4 is 26.4 Å². The number of nitrogens with one attached hydrogen (secondary N) is 1. The Morgan fingerprint density at radius 3 is 2.50 bits per heavy atom. The number of carbonyl (C=O) groups is 2. The molecule has 1 aliphatic rings. The van der Waals surface area contributed by atoms with Crippen LogP contribution in [0, 0.1) is 0 Å². The van der Waals surface area contributed by atoms with Gasteiger partial charge in [-0.15, -0.1) is 0 Å². The molecule has 1 aromatic carbocycles. The molecule has 0 spiro atoms. The van der Waals surface area contributed by atoms with Crippen LogP contribution < -0.4 is 5.32 Å². The average molecular weight is 370 g/mol. The van der Waals surface area contributed by atoms with Gasteiger partial charge in [-0.2, -0.15) is 0 Å². The Morgan fingerprint density at radius 1 is 1.14 bits per heavy atom. The van der Waals surface area contributed by atoms with Crippen molar-refractivity contribution in [3.8, 4) is 0 Å². The number of allylic oxidation sites excluding steroid dienone is 4. The number of halogens is 3. The van der Waals surface area contributed by atoms with E-state index in [2.05, 4.69) is 0 Å². The van der Waals surface area contributed by atoms with Crippen LogP contribution in [0.4, 0.5) is 18.0 Å². The zero-order valence-electron chi connectivity index (χ0n) is 11.4. The number of alkyl halides is 3. The molecule has 0 atom stereocenters. The van der Waals surface area contributed by atoms with Crippen molar-refractivity contribution < 1.29 is 22.8 Å².